The largest absolute Gasteiger partial charge is 0.489 e. The number of halogens is 2. The molecule has 0 saturated carbocycles. The van der Waals surface area contributed by atoms with Gasteiger partial charge in [0.05, 0.1) is 5.71 Å². The van der Waals surface area contributed by atoms with Gasteiger partial charge in [0.15, 0.2) is 0 Å². The lowest BCUT2D eigenvalue weighted by Crippen LogP contribution is -2.00. The summed E-state index contributed by atoms with van der Waals surface area (Å²) in [6, 6.07) is 5.85. The van der Waals surface area contributed by atoms with Gasteiger partial charge in [0.1, 0.15) is 23.5 Å². The van der Waals surface area contributed by atoms with Crippen molar-refractivity contribution in [2.24, 2.45) is 5.16 Å². The first-order valence-electron chi connectivity index (χ1n) is 6.78. The molecule has 0 unspecified atom stereocenters. The fraction of sp³-hybridized carbons (Fsp3) is 0.400. The Balaban J connectivity index is 2.05. The number of aliphatic hydroxyl groups is 1. The number of nitrogens with zero attached hydrogens (tertiary/aromatic N) is 1. The molecule has 0 spiro atoms. The summed E-state index contributed by atoms with van der Waals surface area (Å²) in [5, 5.41) is 12.9. The van der Waals surface area contributed by atoms with Gasteiger partial charge in [0.2, 0.25) is 0 Å². The van der Waals surface area contributed by atoms with E-state index in [1.165, 1.54) is 0 Å². The van der Waals surface area contributed by atoms with Crippen LogP contribution in [0.5, 0.6) is 5.75 Å². The normalized spacial score (nSPS) is 14.9. The smallest absolute Gasteiger partial charge is 0.123 e. The molecule has 2 rings (SSSR count). The molecule has 1 N–H and O–H groups in total. The molecule has 0 aliphatic heterocycles. The highest BCUT2D eigenvalue weighted by molar-refractivity contribution is 6.55. The Morgan fingerprint density at radius 2 is 2.19 bits per heavy atom. The second kappa shape index (κ2) is 8.27. The number of rotatable bonds is 7. The summed E-state index contributed by atoms with van der Waals surface area (Å²) in [5.41, 5.74) is 3.10. The maximum atomic E-state index is 8.71. The van der Waals surface area contributed by atoms with Crippen LogP contribution in [0, 0.1) is 0 Å². The summed E-state index contributed by atoms with van der Waals surface area (Å²) in [6.07, 6.45) is 3.87. The second-order valence-electron chi connectivity index (χ2n) is 4.54. The average molecular weight is 330 g/mol. The topological polar surface area (TPSA) is 51.0 Å². The summed E-state index contributed by atoms with van der Waals surface area (Å²) >= 11 is 11.1. The minimum Gasteiger partial charge on any atom is -0.489 e. The highest BCUT2D eigenvalue weighted by Crippen LogP contribution is 2.31. The number of hydrogen-bond acceptors (Lipinski definition) is 4. The van der Waals surface area contributed by atoms with Gasteiger partial charge in [0.25, 0.3) is 0 Å². The van der Waals surface area contributed by atoms with Crippen LogP contribution in [0.25, 0.3) is 0 Å². The van der Waals surface area contributed by atoms with Crippen molar-refractivity contribution in [1.82, 2.24) is 0 Å². The van der Waals surface area contributed by atoms with Crippen molar-refractivity contribution in [1.29, 1.82) is 0 Å². The molecule has 0 amide bonds. The molecule has 114 valence electrons. The summed E-state index contributed by atoms with van der Waals surface area (Å²) in [6.45, 7) is 0.860. The highest BCUT2D eigenvalue weighted by atomic mass is 35.5. The maximum absolute atomic E-state index is 8.71. The number of oxime groups is 1. The molecular formula is C15H17Cl2NO3. The first-order chi connectivity index (χ1) is 10.2. The molecule has 0 atom stereocenters. The van der Waals surface area contributed by atoms with Crippen LogP contribution in [0.4, 0.5) is 0 Å². The first-order valence-corrected chi connectivity index (χ1v) is 7.54. The van der Waals surface area contributed by atoms with E-state index in [9.17, 15) is 0 Å². The molecule has 1 aliphatic carbocycles. The molecule has 6 heteroatoms. The molecule has 0 radical (unpaired) electrons. The molecule has 0 bridgehead atoms. The van der Waals surface area contributed by atoms with Crippen molar-refractivity contribution in [2.75, 3.05) is 19.8 Å². The molecular weight excluding hydrogens is 313 g/mol. The fourth-order valence-electron chi connectivity index (χ4n) is 2.15. The number of ether oxygens (including phenoxy) is 1. The third kappa shape index (κ3) is 4.63. The van der Waals surface area contributed by atoms with Crippen LogP contribution < -0.4 is 4.74 Å². The van der Waals surface area contributed by atoms with E-state index in [-0.39, 0.29) is 11.1 Å². The van der Waals surface area contributed by atoms with Crippen LogP contribution in [-0.4, -0.2) is 30.6 Å². The molecule has 1 aliphatic rings. The van der Waals surface area contributed by atoms with Crippen LogP contribution in [0.1, 0.15) is 24.0 Å². The monoisotopic (exact) mass is 329 g/mol. The van der Waals surface area contributed by atoms with E-state index in [1.807, 2.05) is 18.2 Å². The predicted molar refractivity (Wildman–Crippen MR) is 84.2 cm³/mol. The summed E-state index contributed by atoms with van der Waals surface area (Å²) < 4.78 is 5.87. The van der Waals surface area contributed by atoms with Gasteiger partial charge in [-0.2, -0.15) is 0 Å². The Hall–Kier alpha value is -1.23. The van der Waals surface area contributed by atoms with Gasteiger partial charge in [0, 0.05) is 24.2 Å². The molecule has 4 nitrogen and oxygen atoms in total. The number of benzene rings is 1. The molecule has 0 aromatic heterocycles. The van der Waals surface area contributed by atoms with E-state index in [0.717, 1.165) is 35.4 Å². The Bertz CT molecular complexity index is 540. The van der Waals surface area contributed by atoms with E-state index in [2.05, 4.69) is 5.16 Å². The van der Waals surface area contributed by atoms with Crippen LogP contribution in [0.2, 0.25) is 0 Å². The fourth-order valence-corrected chi connectivity index (χ4v) is 2.28. The minimum atomic E-state index is 0.107. The standard InChI is InChI=1S/C15H17Cl2NO3/c16-15(17)7-10-20-14-4-1-3-11-12(14)5-6-13(11)18-21-9-2-8-19/h1,3-4,7,19H,2,5-6,8-10H2. The van der Waals surface area contributed by atoms with Crippen LogP contribution in [-0.2, 0) is 11.3 Å². The molecule has 0 heterocycles. The van der Waals surface area contributed by atoms with Crippen molar-refractivity contribution < 1.29 is 14.7 Å². The van der Waals surface area contributed by atoms with Gasteiger partial charge >= 0.3 is 0 Å². The van der Waals surface area contributed by atoms with E-state index in [4.69, 9.17) is 37.9 Å². The van der Waals surface area contributed by atoms with Crippen molar-refractivity contribution in [3.8, 4) is 5.75 Å². The molecule has 0 fully saturated rings. The SMILES string of the molecule is OCCCON=C1CCc2c(OCC=C(Cl)Cl)cccc21. The molecule has 21 heavy (non-hydrogen) atoms. The van der Waals surface area contributed by atoms with Gasteiger partial charge in [-0.05, 0) is 25.0 Å². The van der Waals surface area contributed by atoms with Crippen LogP contribution >= 0.6 is 23.2 Å². The molecule has 1 aromatic carbocycles. The highest BCUT2D eigenvalue weighted by Gasteiger charge is 2.21. The summed E-state index contributed by atoms with van der Waals surface area (Å²) in [7, 11) is 0. The lowest BCUT2D eigenvalue weighted by molar-refractivity contribution is 0.123. The Labute approximate surface area is 133 Å². The Kier molecular flexibility index (Phi) is 6.36. The van der Waals surface area contributed by atoms with Gasteiger partial charge in [-0.15, -0.1) is 0 Å². The van der Waals surface area contributed by atoms with Crippen molar-refractivity contribution in [3.05, 3.63) is 39.9 Å². The number of fused-ring (bicyclic) bond motifs is 1. The summed E-state index contributed by atoms with van der Waals surface area (Å²) in [4.78, 5) is 5.21. The van der Waals surface area contributed by atoms with Gasteiger partial charge < -0.3 is 14.7 Å². The van der Waals surface area contributed by atoms with Gasteiger partial charge in [-0.25, -0.2) is 0 Å². The Morgan fingerprint density at radius 1 is 1.33 bits per heavy atom. The maximum Gasteiger partial charge on any atom is 0.123 e. The zero-order valence-electron chi connectivity index (χ0n) is 11.5. The minimum absolute atomic E-state index is 0.107. The van der Waals surface area contributed by atoms with E-state index in [0.29, 0.717) is 19.6 Å². The molecule has 1 aromatic rings. The predicted octanol–water partition coefficient (Wildman–Crippen LogP) is 3.43. The van der Waals surface area contributed by atoms with E-state index >= 15 is 0 Å². The zero-order valence-corrected chi connectivity index (χ0v) is 13.0. The lowest BCUT2D eigenvalue weighted by Gasteiger charge is -2.08. The van der Waals surface area contributed by atoms with E-state index < -0.39 is 0 Å². The third-order valence-electron chi connectivity index (χ3n) is 3.10. The third-order valence-corrected chi connectivity index (χ3v) is 3.41. The van der Waals surface area contributed by atoms with E-state index in [1.54, 1.807) is 6.08 Å². The van der Waals surface area contributed by atoms with Gasteiger partial charge in [-0.3, -0.25) is 0 Å². The average Bonchev–Trinajstić information content (AvgIpc) is 2.87. The molecule has 0 saturated heterocycles. The van der Waals surface area contributed by atoms with Crippen molar-refractivity contribution in [3.63, 3.8) is 0 Å². The van der Waals surface area contributed by atoms with Crippen LogP contribution in [0.3, 0.4) is 0 Å². The Morgan fingerprint density at radius 3 is 2.95 bits per heavy atom. The van der Waals surface area contributed by atoms with Crippen molar-refractivity contribution in [2.45, 2.75) is 19.3 Å². The second-order valence-corrected chi connectivity index (χ2v) is 5.54. The van der Waals surface area contributed by atoms with Gasteiger partial charge in [-0.1, -0.05) is 40.5 Å². The summed E-state index contributed by atoms with van der Waals surface area (Å²) in [5.74, 6) is 0.818. The number of hydrogen-bond donors (Lipinski definition) is 1. The van der Waals surface area contributed by atoms with Crippen molar-refractivity contribution >= 4 is 28.9 Å². The lowest BCUT2D eigenvalue weighted by atomic mass is 10.1. The van der Waals surface area contributed by atoms with Crippen LogP contribution in [0.15, 0.2) is 33.9 Å². The number of aliphatic hydroxyl groups excluding tert-OH is 1. The first kappa shape index (κ1) is 16.1. The zero-order chi connectivity index (χ0) is 15.1. The quantitative estimate of drug-likeness (QED) is 0.615.